The number of carbonyl (C=O) groups excluding carboxylic acids is 1. The number of amides is 1. The fraction of sp³-hybridized carbons (Fsp3) is 0.417. The van der Waals surface area contributed by atoms with E-state index in [4.69, 9.17) is 0 Å². The zero-order valence-electron chi connectivity index (χ0n) is 10.9. The normalized spacial score (nSPS) is 10.3. The van der Waals surface area contributed by atoms with Gasteiger partial charge < -0.3 is 10.6 Å². The van der Waals surface area contributed by atoms with Crippen LogP contribution in [0.4, 0.5) is 14.5 Å². The van der Waals surface area contributed by atoms with Crippen LogP contribution in [0.5, 0.6) is 0 Å². The number of nitro benzene ring substituents is 1. The second-order valence-electron chi connectivity index (χ2n) is 4.01. The van der Waals surface area contributed by atoms with Gasteiger partial charge in [-0.3, -0.25) is 14.9 Å². The van der Waals surface area contributed by atoms with Crippen molar-refractivity contribution in [1.29, 1.82) is 0 Å². The first-order valence-corrected chi connectivity index (χ1v) is 6.09. The lowest BCUT2D eigenvalue weighted by Gasteiger charge is -2.07. The Labute approximate surface area is 114 Å². The largest absolute Gasteiger partial charge is 0.352 e. The van der Waals surface area contributed by atoms with Crippen LogP contribution in [-0.2, 0) is 0 Å². The highest BCUT2D eigenvalue weighted by Gasteiger charge is 2.23. The van der Waals surface area contributed by atoms with Crippen molar-refractivity contribution < 1.29 is 18.5 Å². The van der Waals surface area contributed by atoms with E-state index in [9.17, 15) is 23.7 Å². The summed E-state index contributed by atoms with van der Waals surface area (Å²) in [5.74, 6) is -3.24. The molecule has 1 rings (SSSR count). The lowest BCUT2D eigenvalue weighted by atomic mass is 10.1. The molecule has 0 aliphatic carbocycles. The Balaban J connectivity index is 2.75. The van der Waals surface area contributed by atoms with Gasteiger partial charge in [0.1, 0.15) is 5.82 Å². The molecule has 0 heterocycles. The molecule has 0 bridgehead atoms. The van der Waals surface area contributed by atoms with Crippen LogP contribution in [-0.4, -0.2) is 30.5 Å². The van der Waals surface area contributed by atoms with Crippen LogP contribution in [0.25, 0.3) is 0 Å². The lowest BCUT2D eigenvalue weighted by Crippen LogP contribution is -2.28. The molecule has 0 saturated carbocycles. The summed E-state index contributed by atoms with van der Waals surface area (Å²) in [6.07, 6.45) is 0.610. The van der Waals surface area contributed by atoms with Crippen LogP contribution in [0, 0.1) is 21.7 Å². The number of halogens is 2. The number of nitro groups is 1. The quantitative estimate of drug-likeness (QED) is 0.453. The smallest absolute Gasteiger partial charge is 0.308 e. The van der Waals surface area contributed by atoms with Crippen molar-refractivity contribution in [1.82, 2.24) is 10.6 Å². The van der Waals surface area contributed by atoms with Crippen LogP contribution in [0.3, 0.4) is 0 Å². The highest BCUT2D eigenvalue weighted by Crippen LogP contribution is 2.22. The molecule has 110 valence electrons. The minimum atomic E-state index is -1.33. The molecule has 0 fully saturated rings. The second-order valence-corrected chi connectivity index (χ2v) is 4.01. The minimum absolute atomic E-state index is 0.260. The molecule has 2 N–H and O–H groups in total. The fourth-order valence-corrected chi connectivity index (χ4v) is 1.56. The van der Waals surface area contributed by atoms with Gasteiger partial charge in [0.2, 0.25) is 5.82 Å². The predicted molar refractivity (Wildman–Crippen MR) is 68.5 cm³/mol. The molecule has 1 amide bonds. The zero-order chi connectivity index (χ0) is 15.1. The number of hydrogen-bond acceptors (Lipinski definition) is 4. The Morgan fingerprint density at radius 1 is 1.35 bits per heavy atom. The molecule has 1 aromatic carbocycles. The summed E-state index contributed by atoms with van der Waals surface area (Å²) in [5.41, 5.74) is -1.72. The van der Waals surface area contributed by atoms with Crippen molar-refractivity contribution in [2.45, 2.75) is 13.3 Å². The van der Waals surface area contributed by atoms with E-state index in [0.29, 0.717) is 25.1 Å². The Morgan fingerprint density at radius 2 is 2.05 bits per heavy atom. The predicted octanol–water partition coefficient (Wildman–Crippen LogP) is 1.60. The van der Waals surface area contributed by atoms with Crippen molar-refractivity contribution in [2.24, 2.45) is 0 Å². The lowest BCUT2D eigenvalue weighted by molar-refractivity contribution is -0.387. The third-order valence-corrected chi connectivity index (χ3v) is 2.53. The van der Waals surface area contributed by atoms with Crippen LogP contribution >= 0.6 is 0 Å². The SMILES string of the molecule is CCNCCCNC(=O)c1cc(F)cc([N+](=O)[O-])c1F. The Hall–Kier alpha value is -2.09. The molecule has 0 spiro atoms. The van der Waals surface area contributed by atoms with E-state index in [1.807, 2.05) is 6.92 Å². The summed E-state index contributed by atoms with van der Waals surface area (Å²) >= 11 is 0. The monoisotopic (exact) mass is 287 g/mol. The molecule has 0 radical (unpaired) electrons. The third kappa shape index (κ3) is 4.23. The van der Waals surface area contributed by atoms with Crippen LogP contribution in [0.1, 0.15) is 23.7 Å². The van der Waals surface area contributed by atoms with Gasteiger partial charge in [-0.15, -0.1) is 0 Å². The topological polar surface area (TPSA) is 84.3 Å². The van der Waals surface area contributed by atoms with Crippen molar-refractivity contribution in [3.8, 4) is 0 Å². The van der Waals surface area contributed by atoms with Crippen LogP contribution < -0.4 is 10.6 Å². The van der Waals surface area contributed by atoms with Gasteiger partial charge in [-0.25, -0.2) is 4.39 Å². The maximum atomic E-state index is 13.7. The Bertz CT molecular complexity index is 509. The molecule has 0 aliphatic heterocycles. The van der Waals surface area contributed by atoms with E-state index in [-0.39, 0.29) is 6.54 Å². The summed E-state index contributed by atoms with van der Waals surface area (Å²) in [6.45, 7) is 3.65. The van der Waals surface area contributed by atoms with E-state index < -0.39 is 33.7 Å². The van der Waals surface area contributed by atoms with Gasteiger partial charge in [0.05, 0.1) is 16.6 Å². The maximum absolute atomic E-state index is 13.7. The van der Waals surface area contributed by atoms with Crippen molar-refractivity contribution in [2.75, 3.05) is 19.6 Å². The molecule has 0 aliphatic rings. The number of hydrogen-bond donors (Lipinski definition) is 2. The average Bonchev–Trinajstić information content (AvgIpc) is 2.40. The molecule has 1 aromatic rings. The minimum Gasteiger partial charge on any atom is -0.352 e. The molecule has 6 nitrogen and oxygen atoms in total. The number of nitrogens with zero attached hydrogens (tertiary/aromatic N) is 1. The zero-order valence-corrected chi connectivity index (χ0v) is 10.9. The van der Waals surface area contributed by atoms with Gasteiger partial charge in [0, 0.05) is 6.54 Å². The third-order valence-electron chi connectivity index (χ3n) is 2.53. The van der Waals surface area contributed by atoms with Crippen molar-refractivity contribution >= 4 is 11.6 Å². The van der Waals surface area contributed by atoms with Gasteiger partial charge in [-0.05, 0) is 25.6 Å². The maximum Gasteiger partial charge on any atom is 0.308 e. The molecule has 0 atom stereocenters. The van der Waals surface area contributed by atoms with Gasteiger partial charge in [0.25, 0.3) is 5.91 Å². The molecular weight excluding hydrogens is 272 g/mol. The Kier molecular flexibility index (Phi) is 5.98. The first kappa shape index (κ1) is 16.0. The van der Waals surface area contributed by atoms with Crippen molar-refractivity contribution in [3.63, 3.8) is 0 Å². The van der Waals surface area contributed by atoms with E-state index in [1.165, 1.54) is 0 Å². The van der Waals surface area contributed by atoms with Gasteiger partial charge >= 0.3 is 5.69 Å². The average molecular weight is 287 g/mol. The fourth-order valence-electron chi connectivity index (χ4n) is 1.56. The standard InChI is InChI=1S/C12H15F2N3O3/c1-2-15-4-3-5-16-12(18)9-6-8(13)7-10(11(9)14)17(19)20/h6-7,15H,2-5H2,1H3,(H,16,18). The number of rotatable bonds is 7. The first-order valence-electron chi connectivity index (χ1n) is 6.09. The van der Waals surface area contributed by atoms with Crippen molar-refractivity contribution in [3.05, 3.63) is 39.4 Å². The highest BCUT2D eigenvalue weighted by atomic mass is 19.1. The molecule has 0 aromatic heterocycles. The molecule has 20 heavy (non-hydrogen) atoms. The van der Waals surface area contributed by atoms with Gasteiger partial charge in [-0.1, -0.05) is 6.92 Å². The van der Waals surface area contributed by atoms with E-state index in [1.54, 1.807) is 0 Å². The molecular formula is C12H15F2N3O3. The number of benzene rings is 1. The first-order chi connectivity index (χ1) is 9.47. The second kappa shape index (κ2) is 7.49. The van der Waals surface area contributed by atoms with Gasteiger partial charge in [-0.2, -0.15) is 4.39 Å². The molecule has 8 heteroatoms. The van der Waals surface area contributed by atoms with E-state index >= 15 is 0 Å². The van der Waals surface area contributed by atoms with Gasteiger partial charge in [0.15, 0.2) is 0 Å². The van der Waals surface area contributed by atoms with E-state index in [2.05, 4.69) is 10.6 Å². The molecule has 0 saturated heterocycles. The number of nitrogens with one attached hydrogen (secondary N) is 2. The Morgan fingerprint density at radius 3 is 2.65 bits per heavy atom. The summed E-state index contributed by atoms with van der Waals surface area (Å²) in [4.78, 5) is 21.1. The van der Waals surface area contributed by atoms with Crippen LogP contribution in [0.15, 0.2) is 12.1 Å². The summed E-state index contributed by atoms with van der Waals surface area (Å²) in [5, 5.41) is 16.0. The van der Waals surface area contributed by atoms with E-state index in [0.717, 1.165) is 6.54 Å². The summed E-state index contributed by atoms with van der Waals surface area (Å²) in [6, 6.07) is 1.08. The molecule has 0 unspecified atom stereocenters. The summed E-state index contributed by atoms with van der Waals surface area (Å²) in [7, 11) is 0. The summed E-state index contributed by atoms with van der Waals surface area (Å²) < 4.78 is 26.9. The highest BCUT2D eigenvalue weighted by molar-refractivity contribution is 5.95. The van der Waals surface area contributed by atoms with Crippen LogP contribution in [0.2, 0.25) is 0 Å². The number of carbonyl (C=O) groups is 1.